The molecule has 1 aliphatic carbocycles. The highest BCUT2D eigenvalue weighted by molar-refractivity contribution is 5.79. The number of aliphatic carboxylic acids is 1. The Hall–Kier alpha value is -1.91. The maximum atomic E-state index is 13.3. The van der Waals surface area contributed by atoms with E-state index in [-0.39, 0.29) is 23.6 Å². The number of amides is 1. The van der Waals surface area contributed by atoms with Crippen LogP contribution in [-0.2, 0) is 16.0 Å². The topological polar surface area (TPSA) is 57.6 Å². The van der Waals surface area contributed by atoms with Gasteiger partial charge in [-0.2, -0.15) is 0 Å². The fourth-order valence-corrected chi connectivity index (χ4v) is 3.40. The number of carboxylic acid groups (broad SMARTS) is 1. The molecule has 0 unspecified atom stereocenters. The molecule has 0 radical (unpaired) electrons. The van der Waals surface area contributed by atoms with E-state index in [0.29, 0.717) is 45.2 Å². The number of halogens is 1. The minimum absolute atomic E-state index is 0.0698. The lowest BCUT2D eigenvalue weighted by atomic mass is 9.81. The lowest BCUT2D eigenvalue weighted by Crippen LogP contribution is -2.40. The molecular formula is C19H26FNO3. The predicted molar refractivity (Wildman–Crippen MR) is 90.1 cm³/mol. The van der Waals surface area contributed by atoms with E-state index in [9.17, 15) is 14.0 Å². The second kappa shape index (κ2) is 8.81. The third kappa shape index (κ3) is 5.05. The summed E-state index contributed by atoms with van der Waals surface area (Å²) < 4.78 is 13.3. The molecule has 0 aliphatic heterocycles. The first-order valence-electron chi connectivity index (χ1n) is 8.77. The molecule has 1 aromatic rings. The first kappa shape index (κ1) is 18.4. The van der Waals surface area contributed by atoms with E-state index in [4.69, 9.17) is 5.11 Å². The molecule has 4 nitrogen and oxygen atoms in total. The van der Waals surface area contributed by atoms with Crippen LogP contribution in [0.25, 0.3) is 0 Å². The van der Waals surface area contributed by atoms with Crippen LogP contribution >= 0.6 is 0 Å². The van der Waals surface area contributed by atoms with Gasteiger partial charge in [-0.3, -0.25) is 9.59 Å². The van der Waals surface area contributed by atoms with E-state index in [1.54, 1.807) is 6.07 Å². The molecule has 24 heavy (non-hydrogen) atoms. The SMILES string of the molecule is CCCN(CCc1cccc(F)c1)C(=O)C1CCC(C(=O)O)CC1. The van der Waals surface area contributed by atoms with Gasteiger partial charge < -0.3 is 10.0 Å². The van der Waals surface area contributed by atoms with Crippen molar-refractivity contribution in [3.63, 3.8) is 0 Å². The van der Waals surface area contributed by atoms with Crippen molar-refractivity contribution >= 4 is 11.9 Å². The van der Waals surface area contributed by atoms with Gasteiger partial charge in [0.25, 0.3) is 0 Å². The van der Waals surface area contributed by atoms with Gasteiger partial charge in [0.05, 0.1) is 5.92 Å². The summed E-state index contributed by atoms with van der Waals surface area (Å²) >= 11 is 0. The van der Waals surface area contributed by atoms with Crippen LogP contribution in [0.1, 0.15) is 44.6 Å². The first-order chi connectivity index (χ1) is 11.5. The van der Waals surface area contributed by atoms with Crippen molar-refractivity contribution in [1.82, 2.24) is 4.90 Å². The molecule has 0 saturated heterocycles. The number of rotatable bonds is 7. The maximum Gasteiger partial charge on any atom is 0.306 e. The highest BCUT2D eigenvalue weighted by Gasteiger charge is 2.31. The zero-order chi connectivity index (χ0) is 17.5. The third-order valence-corrected chi connectivity index (χ3v) is 4.79. The summed E-state index contributed by atoms with van der Waals surface area (Å²) in [7, 11) is 0. The zero-order valence-electron chi connectivity index (χ0n) is 14.2. The fraction of sp³-hybridized carbons (Fsp3) is 0.579. The fourth-order valence-electron chi connectivity index (χ4n) is 3.40. The molecule has 1 amide bonds. The van der Waals surface area contributed by atoms with E-state index < -0.39 is 5.97 Å². The van der Waals surface area contributed by atoms with Crippen molar-refractivity contribution in [2.45, 2.75) is 45.4 Å². The van der Waals surface area contributed by atoms with Gasteiger partial charge in [-0.25, -0.2) is 4.39 Å². The molecule has 0 heterocycles. The van der Waals surface area contributed by atoms with Crippen LogP contribution in [0.5, 0.6) is 0 Å². The largest absolute Gasteiger partial charge is 0.481 e. The van der Waals surface area contributed by atoms with Crippen LogP contribution < -0.4 is 0 Å². The van der Waals surface area contributed by atoms with Crippen LogP contribution in [0, 0.1) is 17.7 Å². The average molecular weight is 335 g/mol. The standard InChI is InChI=1S/C19H26FNO3/c1-2-11-21(12-10-14-4-3-5-17(20)13-14)18(22)15-6-8-16(9-7-15)19(23)24/h3-5,13,15-16H,2,6-12H2,1H3,(H,23,24). The van der Waals surface area contributed by atoms with E-state index in [1.807, 2.05) is 17.9 Å². The molecule has 1 aliphatic rings. The number of hydrogen-bond acceptors (Lipinski definition) is 2. The number of benzene rings is 1. The summed E-state index contributed by atoms with van der Waals surface area (Å²) in [5, 5.41) is 9.06. The first-order valence-corrected chi connectivity index (χ1v) is 8.77. The number of hydrogen-bond donors (Lipinski definition) is 1. The molecule has 2 rings (SSSR count). The minimum atomic E-state index is -0.752. The van der Waals surface area contributed by atoms with Crippen molar-refractivity contribution < 1.29 is 19.1 Å². The zero-order valence-corrected chi connectivity index (χ0v) is 14.2. The van der Waals surface area contributed by atoms with Gasteiger partial charge in [0.1, 0.15) is 5.82 Å². The van der Waals surface area contributed by atoms with Crippen molar-refractivity contribution in [1.29, 1.82) is 0 Å². The second-order valence-electron chi connectivity index (χ2n) is 6.59. The molecule has 1 saturated carbocycles. The van der Waals surface area contributed by atoms with Crippen molar-refractivity contribution in [2.24, 2.45) is 11.8 Å². The minimum Gasteiger partial charge on any atom is -0.481 e. The monoisotopic (exact) mass is 335 g/mol. The molecule has 5 heteroatoms. The van der Waals surface area contributed by atoms with Crippen molar-refractivity contribution in [3.05, 3.63) is 35.6 Å². The Kier molecular flexibility index (Phi) is 6.76. The van der Waals surface area contributed by atoms with Crippen LogP contribution in [0.4, 0.5) is 4.39 Å². The molecular weight excluding hydrogens is 309 g/mol. The summed E-state index contributed by atoms with van der Waals surface area (Å²) in [6.07, 6.45) is 3.96. The Labute approximate surface area is 142 Å². The smallest absolute Gasteiger partial charge is 0.306 e. The molecule has 0 aromatic heterocycles. The number of carboxylic acids is 1. The number of carbonyl (C=O) groups excluding carboxylic acids is 1. The van der Waals surface area contributed by atoms with E-state index in [1.165, 1.54) is 12.1 Å². The summed E-state index contributed by atoms with van der Waals surface area (Å²) in [4.78, 5) is 25.6. The molecule has 1 fully saturated rings. The van der Waals surface area contributed by atoms with E-state index in [2.05, 4.69) is 0 Å². The van der Waals surface area contributed by atoms with Crippen LogP contribution in [0.2, 0.25) is 0 Å². The van der Waals surface area contributed by atoms with Gasteiger partial charge in [0, 0.05) is 19.0 Å². The van der Waals surface area contributed by atoms with Crippen LogP contribution in [0.3, 0.4) is 0 Å². The van der Waals surface area contributed by atoms with Gasteiger partial charge >= 0.3 is 5.97 Å². The molecule has 0 bridgehead atoms. The maximum absolute atomic E-state index is 13.3. The lowest BCUT2D eigenvalue weighted by Gasteiger charge is -2.31. The lowest BCUT2D eigenvalue weighted by molar-refractivity contribution is -0.145. The molecule has 132 valence electrons. The predicted octanol–water partition coefficient (Wildman–Crippen LogP) is 3.50. The van der Waals surface area contributed by atoms with E-state index >= 15 is 0 Å². The van der Waals surface area contributed by atoms with Gasteiger partial charge in [0.2, 0.25) is 5.91 Å². The summed E-state index contributed by atoms with van der Waals surface area (Å²) in [5.41, 5.74) is 0.887. The highest BCUT2D eigenvalue weighted by atomic mass is 19.1. The number of nitrogens with zero attached hydrogens (tertiary/aromatic N) is 1. The molecule has 1 N–H and O–H groups in total. The molecule has 0 atom stereocenters. The van der Waals surface area contributed by atoms with Gasteiger partial charge in [0.15, 0.2) is 0 Å². The van der Waals surface area contributed by atoms with Crippen molar-refractivity contribution in [2.75, 3.05) is 13.1 Å². The van der Waals surface area contributed by atoms with Crippen LogP contribution in [-0.4, -0.2) is 35.0 Å². The summed E-state index contributed by atoms with van der Waals surface area (Å²) in [6, 6.07) is 6.48. The van der Waals surface area contributed by atoms with Gasteiger partial charge in [-0.15, -0.1) is 0 Å². The average Bonchev–Trinajstić information content (AvgIpc) is 2.58. The second-order valence-corrected chi connectivity index (χ2v) is 6.59. The third-order valence-electron chi connectivity index (χ3n) is 4.79. The molecule has 1 aromatic carbocycles. The van der Waals surface area contributed by atoms with Gasteiger partial charge in [-0.05, 0) is 56.2 Å². The normalized spacial score (nSPS) is 20.6. The Morgan fingerprint density at radius 1 is 1.17 bits per heavy atom. The number of carbonyl (C=O) groups is 2. The highest BCUT2D eigenvalue weighted by Crippen LogP contribution is 2.30. The van der Waals surface area contributed by atoms with Crippen molar-refractivity contribution in [3.8, 4) is 0 Å². The Morgan fingerprint density at radius 2 is 1.83 bits per heavy atom. The molecule has 0 spiro atoms. The quantitative estimate of drug-likeness (QED) is 0.830. The Morgan fingerprint density at radius 3 is 2.42 bits per heavy atom. The van der Waals surface area contributed by atoms with Gasteiger partial charge in [-0.1, -0.05) is 19.1 Å². The van der Waals surface area contributed by atoms with Crippen LogP contribution in [0.15, 0.2) is 24.3 Å². The Bertz CT molecular complexity index is 567. The van der Waals surface area contributed by atoms with E-state index in [0.717, 1.165) is 12.0 Å². The summed E-state index contributed by atoms with van der Waals surface area (Å²) in [5.74, 6) is -1.26. The Balaban J connectivity index is 1.91. The summed E-state index contributed by atoms with van der Waals surface area (Å²) in [6.45, 7) is 3.30.